The Hall–Kier alpha value is -0.910. The van der Waals surface area contributed by atoms with Crippen LogP contribution >= 0.6 is 22.6 Å². The summed E-state index contributed by atoms with van der Waals surface area (Å²) >= 11 is 2.08. The summed E-state index contributed by atoms with van der Waals surface area (Å²) in [7, 11) is 0. The van der Waals surface area contributed by atoms with Gasteiger partial charge < -0.3 is 9.90 Å². The molecule has 1 aromatic rings. The van der Waals surface area contributed by atoms with E-state index < -0.39 is 5.97 Å². The molecule has 70 valence electrons. The van der Waals surface area contributed by atoms with Crippen LogP contribution in [0, 0.1) is 3.57 Å². The van der Waals surface area contributed by atoms with Crippen LogP contribution in [-0.4, -0.2) is 17.4 Å². The van der Waals surface area contributed by atoms with Crippen molar-refractivity contribution in [2.45, 2.75) is 6.92 Å². The zero-order valence-corrected chi connectivity index (χ0v) is 9.19. The van der Waals surface area contributed by atoms with Crippen LogP contribution in [0.3, 0.4) is 0 Å². The van der Waals surface area contributed by atoms with Gasteiger partial charge in [-0.25, -0.2) is 4.79 Å². The van der Waals surface area contributed by atoms with Crippen molar-refractivity contribution in [3.05, 3.63) is 33.4 Å². The van der Waals surface area contributed by atoms with Gasteiger partial charge in [0.2, 0.25) is 0 Å². The lowest BCUT2D eigenvalue weighted by atomic mass is 10.2. The fourth-order valence-corrected chi connectivity index (χ4v) is 1.16. The van der Waals surface area contributed by atoms with Crippen molar-refractivity contribution in [1.29, 1.82) is 0 Å². The Kier molecular flexibility index (Phi) is 6.13. The number of carboxylic acids is 1. The maximum absolute atomic E-state index is 10.3. The van der Waals surface area contributed by atoms with E-state index in [2.05, 4.69) is 22.6 Å². The molecule has 13 heavy (non-hydrogen) atoms. The number of hydrogen-bond donors (Lipinski definition) is 1. The lowest BCUT2D eigenvalue weighted by Gasteiger charge is -1.92. The highest BCUT2D eigenvalue weighted by atomic mass is 127. The average Bonchev–Trinajstić information content (AvgIpc) is 2.05. The van der Waals surface area contributed by atoms with Crippen molar-refractivity contribution in [3.63, 3.8) is 0 Å². The average molecular weight is 292 g/mol. The Morgan fingerprint density at radius 2 is 2.08 bits per heavy atom. The van der Waals surface area contributed by atoms with Gasteiger partial charge in [-0.15, -0.1) is 0 Å². The van der Waals surface area contributed by atoms with E-state index in [-0.39, 0.29) is 0 Å². The number of aldehydes is 1. The van der Waals surface area contributed by atoms with E-state index >= 15 is 0 Å². The van der Waals surface area contributed by atoms with Gasteiger partial charge in [0, 0.05) is 3.57 Å². The van der Waals surface area contributed by atoms with E-state index in [9.17, 15) is 4.79 Å². The highest BCUT2D eigenvalue weighted by Crippen LogP contribution is 2.06. The van der Waals surface area contributed by atoms with Crippen molar-refractivity contribution >= 4 is 34.8 Å². The quantitative estimate of drug-likeness (QED) is 0.637. The molecule has 3 nitrogen and oxygen atoms in total. The molecule has 0 amide bonds. The van der Waals surface area contributed by atoms with Gasteiger partial charge in [0.05, 0.1) is 5.56 Å². The molecule has 0 aliphatic rings. The summed E-state index contributed by atoms with van der Waals surface area (Å²) in [6.45, 7) is 1.44. The molecule has 0 aromatic heterocycles. The van der Waals surface area contributed by atoms with Gasteiger partial charge in [0.15, 0.2) is 0 Å². The van der Waals surface area contributed by atoms with E-state index in [1.54, 1.807) is 18.2 Å². The van der Waals surface area contributed by atoms with Crippen LogP contribution in [0.1, 0.15) is 17.3 Å². The van der Waals surface area contributed by atoms with E-state index in [0.29, 0.717) is 5.56 Å². The summed E-state index contributed by atoms with van der Waals surface area (Å²) < 4.78 is 0.942. The van der Waals surface area contributed by atoms with Gasteiger partial charge in [0.1, 0.15) is 6.29 Å². The molecule has 0 unspecified atom stereocenters. The summed E-state index contributed by atoms with van der Waals surface area (Å²) in [4.78, 5) is 19.2. The number of carbonyl (C=O) groups excluding carboxylic acids is 1. The zero-order valence-electron chi connectivity index (χ0n) is 7.03. The molecule has 0 bridgehead atoms. The summed E-state index contributed by atoms with van der Waals surface area (Å²) in [5.74, 6) is -0.876. The van der Waals surface area contributed by atoms with Crippen molar-refractivity contribution < 1.29 is 14.7 Å². The molecular weight excluding hydrogens is 283 g/mol. The second kappa shape index (κ2) is 6.59. The first-order valence-corrected chi connectivity index (χ1v) is 4.58. The molecule has 0 heterocycles. The van der Waals surface area contributed by atoms with Crippen LogP contribution in [0.2, 0.25) is 0 Å². The number of benzene rings is 1. The highest BCUT2D eigenvalue weighted by molar-refractivity contribution is 14.1. The standard InChI is InChI=1S/C7H5IO2.C2H4O/c8-6-3-1-2-5(4-6)7(9)10;1-2-3/h1-4H,(H,9,10);2H,1H3. The monoisotopic (exact) mass is 292 g/mol. The van der Waals surface area contributed by atoms with Crippen molar-refractivity contribution in [2.24, 2.45) is 0 Å². The first-order chi connectivity index (χ1) is 6.11. The number of carboxylic acid groups (broad SMARTS) is 1. The summed E-state index contributed by atoms with van der Waals surface area (Å²) in [5, 5.41) is 8.51. The predicted octanol–water partition coefficient (Wildman–Crippen LogP) is 2.19. The van der Waals surface area contributed by atoms with E-state index in [0.717, 1.165) is 9.86 Å². The van der Waals surface area contributed by atoms with Gasteiger partial charge >= 0.3 is 5.97 Å². The summed E-state index contributed by atoms with van der Waals surface area (Å²) in [6, 6.07) is 6.78. The Bertz CT molecular complexity index is 297. The summed E-state index contributed by atoms with van der Waals surface area (Å²) in [6.07, 6.45) is 0.750. The van der Waals surface area contributed by atoms with Gasteiger partial charge in [-0.2, -0.15) is 0 Å². The molecule has 0 saturated heterocycles. The molecular formula is C9H9IO3. The third kappa shape index (κ3) is 5.35. The van der Waals surface area contributed by atoms with E-state index in [1.165, 1.54) is 6.92 Å². The largest absolute Gasteiger partial charge is 0.478 e. The van der Waals surface area contributed by atoms with Crippen molar-refractivity contribution in [2.75, 3.05) is 0 Å². The Morgan fingerprint density at radius 1 is 1.54 bits per heavy atom. The third-order valence-corrected chi connectivity index (χ3v) is 1.74. The molecule has 1 N–H and O–H groups in total. The predicted molar refractivity (Wildman–Crippen MR) is 57.9 cm³/mol. The Balaban J connectivity index is 0.000000424. The van der Waals surface area contributed by atoms with Gasteiger partial charge in [-0.1, -0.05) is 6.07 Å². The zero-order chi connectivity index (χ0) is 10.3. The SMILES string of the molecule is CC=O.O=C(O)c1cccc(I)c1. The molecule has 1 rings (SSSR count). The third-order valence-electron chi connectivity index (χ3n) is 1.07. The molecule has 0 atom stereocenters. The molecule has 0 radical (unpaired) electrons. The van der Waals surface area contributed by atoms with Crippen LogP contribution < -0.4 is 0 Å². The maximum Gasteiger partial charge on any atom is 0.335 e. The molecule has 1 aromatic carbocycles. The molecule has 0 aliphatic heterocycles. The number of aromatic carboxylic acids is 1. The molecule has 0 fully saturated rings. The van der Waals surface area contributed by atoms with Crippen LogP contribution in [0.4, 0.5) is 0 Å². The molecule has 0 spiro atoms. The first kappa shape index (κ1) is 12.1. The number of rotatable bonds is 1. The molecule has 0 saturated carbocycles. The Labute approximate surface area is 89.9 Å². The van der Waals surface area contributed by atoms with Gasteiger partial charge in [0.25, 0.3) is 0 Å². The first-order valence-electron chi connectivity index (χ1n) is 3.50. The van der Waals surface area contributed by atoms with Crippen LogP contribution in [0.15, 0.2) is 24.3 Å². The normalized spacial score (nSPS) is 8.15. The minimum absolute atomic E-state index is 0.340. The second-order valence-corrected chi connectivity index (χ2v) is 3.30. The molecule has 0 aliphatic carbocycles. The minimum atomic E-state index is -0.876. The van der Waals surface area contributed by atoms with Crippen LogP contribution in [0.5, 0.6) is 0 Å². The minimum Gasteiger partial charge on any atom is -0.478 e. The topological polar surface area (TPSA) is 54.4 Å². The lowest BCUT2D eigenvalue weighted by molar-refractivity contribution is -0.106. The second-order valence-electron chi connectivity index (χ2n) is 2.05. The number of halogens is 1. The van der Waals surface area contributed by atoms with Crippen LogP contribution in [-0.2, 0) is 4.79 Å². The highest BCUT2D eigenvalue weighted by Gasteiger charge is 1.99. The lowest BCUT2D eigenvalue weighted by Crippen LogP contribution is -1.95. The van der Waals surface area contributed by atoms with Crippen LogP contribution in [0.25, 0.3) is 0 Å². The fraction of sp³-hybridized carbons (Fsp3) is 0.111. The summed E-state index contributed by atoms with van der Waals surface area (Å²) in [5.41, 5.74) is 0.340. The fourth-order valence-electron chi connectivity index (χ4n) is 0.622. The number of carbonyl (C=O) groups is 2. The smallest absolute Gasteiger partial charge is 0.335 e. The van der Waals surface area contributed by atoms with Gasteiger partial charge in [-0.3, -0.25) is 0 Å². The maximum atomic E-state index is 10.3. The molecule has 4 heteroatoms. The number of hydrogen-bond acceptors (Lipinski definition) is 2. The van der Waals surface area contributed by atoms with Gasteiger partial charge in [-0.05, 0) is 47.7 Å². The van der Waals surface area contributed by atoms with Crippen molar-refractivity contribution in [3.8, 4) is 0 Å². The Morgan fingerprint density at radius 3 is 2.38 bits per heavy atom. The van der Waals surface area contributed by atoms with E-state index in [1.807, 2.05) is 6.07 Å². The van der Waals surface area contributed by atoms with E-state index in [4.69, 9.17) is 9.90 Å². The van der Waals surface area contributed by atoms with Crippen molar-refractivity contribution in [1.82, 2.24) is 0 Å².